The molecule has 4 aliphatic rings. The first-order chi connectivity index (χ1) is 16.9. The topological polar surface area (TPSA) is 93.2 Å². The summed E-state index contributed by atoms with van der Waals surface area (Å²) in [5.74, 6) is -1.18. The molecule has 0 N–H and O–H groups in total. The highest BCUT2D eigenvalue weighted by molar-refractivity contribution is 6.22. The van der Waals surface area contributed by atoms with Gasteiger partial charge in [0.2, 0.25) is 17.7 Å². The maximum atomic E-state index is 13.1. The number of esters is 1. The predicted octanol–water partition coefficient (Wildman–Crippen LogP) is 2.97. The van der Waals surface area contributed by atoms with Gasteiger partial charge in [0.1, 0.15) is 11.5 Å². The molecule has 2 aromatic rings. The molecule has 35 heavy (non-hydrogen) atoms. The van der Waals surface area contributed by atoms with Crippen LogP contribution in [0.4, 0.5) is 11.4 Å². The smallest absolute Gasteiger partial charge is 0.316 e. The highest BCUT2D eigenvalue weighted by Crippen LogP contribution is 2.53. The summed E-state index contributed by atoms with van der Waals surface area (Å²) >= 11 is 0. The molecule has 2 aromatic carbocycles. The first-order valence-electron chi connectivity index (χ1n) is 11.8. The van der Waals surface area contributed by atoms with E-state index in [1.807, 2.05) is 0 Å². The van der Waals surface area contributed by atoms with E-state index in [1.54, 1.807) is 60.5 Å². The maximum absolute atomic E-state index is 13.1. The highest BCUT2D eigenvalue weighted by Gasteiger charge is 2.59. The summed E-state index contributed by atoms with van der Waals surface area (Å²) in [4.78, 5) is 54.5. The quantitative estimate of drug-likeness (QED) is 0.288. The Morgan fingerprint density at radius 3 is 2.20 bits per heavy atom. The van der Waals surface area contributed by atoms with E-state index in [2.05, 4.69) is 12.2 Å². The summed E-state index contributed by atoms with van der Waals surface area (Å²) in [5.41, 5.74) is 1.06. The number of carbonyl (C=O) groups is 4. The Bertz CT molecular complexity index is 1260. The van der Waals surface area contributed by atoms with E-state index in [4.69, 9.17) is 9.47 Å². The normalized spacial score (nSPS) is 28.7. The molecule has 178 valence electrons. The average molecular weight is 472 g/mol. The lowest BCUT2D eigenvalue weighted by molar-refractivity contribution is -0.139. The summed E-state index contributed by atoms with van der Waals surface area (Å²) in [6.07, 6.45) is 5.01. The SMILES string of the molecule is COc1cccc(N2C[C@@H](C(=O)Oc3cccc(N4C(=O)[C@@H]5[C@H](C4=O)[C@H]4C=C[C@@H]5C4)c3)CC2=O)c1. The van der Waals surface area contributed by atoms with Gasteiger partial charge in [-0.25, -0.2) is 4.90 Å². The van der Waals surface area contributed by atoms with Gasteiger partial charge in [-0.3, -0.25) is 19.2 Å². The Morgan fingerprint density at radius 1 is 0.886 bits per heavy atom. The molecule has 1 saturated carbocycles. The van der Waals surface area contributed by atoms with Crippen molar-refractivity contribution in [1.82, 2.24) is 0 Å². The van der Waals surface area contributed by atoms with Crippen LogP contribution in [0.3, 0.4) is 0 Å². The molecule has 0 spiro atoms. The summed E-state index contributed by atoms with van der Waals surface area (Å²) in [5, 5.41) is 0. The van der Waals surface area contributed by atoms with Crippen molar-refractivity contribution in [2.45, 2.75) is 12.8 Å². The number of allylic oxidation sites excluding steroid dienone is 2. The molecule has 2 saturated heterocycles. The predicted molar refractivity (Wildman–Crippen MR) is 126 cm³/mol. The van der Waals surface area contributed by atoms with Crippen LogP contribution >= 0.6 is 0 Å². The zero-order valence-corrected chi connectivity index (χ0v) is 19.1. The van der Waals surface area contributed by atoms with Gasteiger partial charge in [0.05, 0.1) is 30.6 Å². The number of benzene rings is 2. The number of imide groups is 1. The van der Waals surface area contributed by atoms with Crippen LogP contribution in [0.15, 0.2) is 60.7 Å². The number of fused-ring (bicyclic) bond motifs is 5. The van der Waals surface area contributed by atoms with Gasteiger partial charge >= 0.3 is 5.97 Å². The Labute approximate surface area is 202 Å². The third kappa shape index (κ3) is 3.43. The molecule has 0 aromatic heterocycles. The number of anilines is 2. The van der Waals surface area contributed by atoms with Crippen molar-refractivity contribution in [2.24, 2.45) is 29.6 Å². The van der Waals surface area contributed by atoms with Crippen LogP contribution in [0, 0.1) is 29.6 Å². The van der Waals surface area contributed by atoms with E-state index in [1.165, 1.54) is 4.90 Å². The number of amides is 3. The van der Waals surface area contributed by atoms with Crippen molar-refractivity contribution in [3.05, 3.63) is 60.7 Å². The van der Waals surface area contributed by atoms with Crippen LogP contribution in [-0.4, -0.2) is 37.3 Å². The van der Waals surface area contributed by atoms with Crippen molar-refractivity contribution in [2.75, 3.05) is 23.5 Å². The van der Waals surface area contributed by atoms with Crippen molar-refractivity contribution < 1.29 is 28.7 Å². The Balaban J connectivity index is 1.16. The van der Waals surface area contributed by atoms with Crippen LogP contribution in [-0.2, 0) is 19.2 Å². The van der Waals surface area contributed by atoms with Crippen LogP contribution in [0.1, 0.15) is 12.8 Å². The number of rotatable bonds is 5. The molecule has 8 nitrogen and oxygen atoms in total. The van der Waals surface area contributed by atoms with Gasteiger partial charge in [-0.1, -0.05) is 24.3 Å². The fraction of sp³-hybridized carbons (Fsp3) is 0.333. The van der Waals surface area contributed by atoms with Gasteiger partial charge in [-0.05, 0) is 42.5 Å². The fourth-order valence-corrected chi connectivity index (χ4v) is 5.94. The summed E-state index contributed by atoms with van der Waals surface area (Å²) in [6, 6.07) is 13.6. The zero-order chi connectivity index (χ0) is 24.3. The first-order valence-corrected chi connectivity index (χ1v) is 11.8. The molecule has 5 atom stereocenters. The number of methoxy groups -OCH3 is 1. The summed E-state index contributed by atoms with van der Waals surface area (Å²) in [7, 11) is 1.55. The van der Waals surface area contributed by atoms with Gasteiger partial charge in [0.15, 0.2) is 0 Å². The summed E-state index contributed by atoms with van der Waals surface area (Å²) in [6.45, 7) is 0.201. The number of ether oxygens (including phenoxy) is 2. The van der Waals surface area contributed by atoms with E-state index in [0.29, 0.717) is 17.1 Å². The minimum Gasteiger partial charge on any atom is -0.497 e. The first kappa shape index (κ1) is 21.6. The van der Waals surface area contributed by atoms with Crippen LogP contribution in [0.5, 0.6) is 11.5 Å². The summed E-state index contributed by atoms with van der Waals surface area (Å²) < 4.78 is 10.8. The molecule has 2 heterocycles. The second-order valence-corrected chi connectivity index (χ2v) is 9.54. The lowest BCUT2D eigenvalue weighted by Crippen LogP contribution is -2.32. The van der Waals surface area contributed by atoms with Gasteiger partial charge in [0, 0.05) is 30.8 Å². The molecular formula is C27H24N2O6. The highest BCUT2D eigenvalue weighted by atomic mass is 16.5. The molecule has 2 aliphatic carbocycles. The second-order valence-electron chi connectivity index (χ2n) is 9.54. The lowest BCUT2D eigenvalue weighted by atomic mass is 9.85. The molecule has 6 rings (SSSR count). The minimum atomic E-state index is -0.631. The molecule has 0 unspecified atom stereocenters. The van der Waals surface area contributed by atoms with Gasteiger partial charge in [-0.2, -0.15) is 0 Å². The third-order valence-electron chi connectivity index (χ3n) is 7.59. The third-order valence-corrected chi connectivity index (χ3v) is 7.59. The number of hydrogen-bond acceptors (Lipinski definition) is 6. The number of hydrogen-bond donors (Lipinski definition) is 0. The molecule has 8 heteroatoms. The van der Waals surface area contributed by atoms with Gasteiger partial charge in [0.25, 0.3) is 0 Å². The van der Waals surface area contributed by atoms with Crippen molar-refractivity contribution in [1.29, 1.82) is 0 Å². The van der Waals surface area contributed by atoms with Gasteiger partial charge in [-0.15, -0.1) is 0 Å². The molecule has 2 bridgehead atoms. The van der Waals surface area contributed by atoms with E-state index in [0.717, 1.165) is 6.42 Å². The Kier molecular flexibility index (Phi) is 4.98. The maximum Gasteiger partial charge on any atom is 0.316 e. The molecule has 3 fully saturated rings. The van der Waals surface area contributed by atoms with Crippen LogP contribution in [0.25, 0.3) is 0 Å². The molecule has 0 radical (unpaired) electrons. The largest absolute Gasteiger partial charge is 0.497 e. The monoisotopic (exact) mass is 472 g/mol. The molecule has 2 aliphatic heterocycles. The van der Waals surface area contributed by atoms with Crippen molar-refractivity contribution in [3.63, 3.8) is 0 Å². The molecule has 3 amide bonds. The van der Waals surface area contributed by atoms with Crippen molar-refractivity contribution in [3.8, 4) is 11.5 Å². The van der Waals surface area contributed by atoms with E-state index >= 15 is 0 Å². The molecular weight excluding hydrogens is 448 g/mol. The Hall–Kier alpha value is -3.94. The van der Waals surface area contributed by atoms with E-state index < -0.39 is 11.9 Å². The lowest BCUT2D eigenvalue weighted by Gasteiger charge is -2.18. The minimum absolute atomic E-state index is 0.0397. The Morgan fingerprint density at radius 2 is 1.51 bits per heavy atom. The fourth-order valence-electron chi connectivity index (χ4n) is 5.94. The standard InChI is InChI=1S/C27H24N2O6/c1-34-20-6-2-4-18(12-20)28-14-17(11-22(28)30)27(33)35-21-7-3-5-19(13-21)29-25(31)23-15-8-9-16(10-15)24(23)26(29)32/h2-9,12-13,15-17,23-24H,10-11,14H2,1H3/t15-,16+,17-,23+,24-/m0/s1. The number of carbonyl (C=O) groups excluding carboxylic acids is 4. The van der Waals surface area contributed by atoms with Crippen molar-refractivity contribution >= 4 is 35.1 Å². The van der Waals surface area contributed by atoms with E-state index in [9.17, 15) is 19.2 Å². The zero-order valence-electron chi connectivity index (χ0n) is 19.1. The second kappa shape index (κ2) is 8.08. The van der Waals surface area contributed by atoms with Crippen LogP contribution in [0.2, 0.25) is 0 Å². The van der Waals surface area contributed by atoms with Gasteiger partial charge < -0.3 is 14.4 Å². The average Bonchev–Trinajstić information content (AvgIpc) is 3.63. The number of nitrogens with zero attached hydrogens (tertiary/aromatic N) is 2. The van der Waals surface area contributed by atoms with Crippen LogP contribution < -0.4 is 19.3 Å². The van der Waals surface area contributed by atoms with E-state index in [-0.39, 0.29) is 60.1 Å².